The number of benzene rings is 2. The maximum Gasteiger partial charge on any atom is 0.317 e. The summed E-state index contributed by atoms with van der Waals surface area (Å²) in [4.78, 5) is 22.3. The molecular formula is C24H28N4O3. The van der Waals surface area contributed by atoms with Gasteiger partial charge in [-0.2, -0.15) is 0 Å². The summed E-state index contributed by atoms with van der Waals surface area (Å²) in [5, 5.41) is 3.03. The van der Waals surface area contributed by atoms with Crippen molar-refractivity contribution in [2.75, 3.05) is 20.2 Å². The third kappa shape index (κ3) is 4.17. The molecule has 1 atom stereocenters. The van der Waals surface area contributed by atoms with Crippen LogP contribution < -0.4 is 14.8 Å². The van der Waals surface area contributed by atoms with E-state index in [1.54, 1.807) is 7.11 Å². The number of aromatic amines is 1. The quantitative estimate of drug-likeness (QED) is 0.626. The van der Waals surface area contributed by atoms with Crippen molar-refractivity contribution in [2.45, 2.75) is 44.2 Å². The normalized spacial score (nSPS) is 19.6. The van der Waals surface area contributed by atoms with Crippen LogP contribution in [0.2, 0.25) is 0 Å². The lowest BCUT2D eigenvalue weighted by atomic mass is 9.96. The number of ether oxygens (including phenoxy) is 2. The van der Waals surface area contributed by atoms with Crippen LogP contribution in [0.15, 0.2) is 42.5 Å². The van der Waals surface area contributed by atoms with Crippen LogP contribution >= 0.6 is 0 Å². The molecule has 0 radical (unpaired) electrons. The lowest BCUT2D eigenvalue weighted by Gasteiger charge is -2.33. The fourth-order valence-electron chi connectivity index (χ4n) is 4.58. The van der Waals surface area contributed by atoms with Gasteiger partial charge in [-0.05, 0) is 55.5 Å². The number of para-hydroxylation sites is 2. The molecule has 1 aliphatic heterocycles. The van der Waals surface area contributed by atoms with Crippen LogP contribution in [0.4, 0.5) is 4.79 Å². The first kappa shape index (κ1) is 19.7. The van der Waals surface area contributed by atoms with Crippen LogP contribution in [0.5, 0.6) is 11.5 Å². The smallest absolute Gasteiger partial charge is 0.317 e. The highest BCUT2D eigenvalue weighted by atomic mass is 16.5. The number of hydrogen-bond donors (Lipinski definition) is 2. The number of hydrogen-bond acceptors (Lipinski definition) is 4. The first-order valence-corrected chi connectivity index (χ1v) is 11.0. The minimum atomic E-state index is -0.0624. The lowest BCUT2D eigenvalue weighted by Crippen LogP contribution is -2.49. The van der Waals surface area contributed by atoms with Crippen molar-refractivity contribution >= 4 is 17.1 Å². The summed E-state index contributed by atoms with van der Waals surface area (Å²) in [6.07, 6.45) is 4.90. The van der Waals surface area contributed by atoms with Gasteiger partial charge in [-0.1, -0.05) is 18.2 Å². The van der Waals surface area contributed by atoms with Gasteiger partial charge in [-0.3, -0.25) is 0 Å². The Bertz CT molecular complexity index is 1040. The maximum atomic E-state index is 12.5. The van der Waals surface area contributed by atoms with E-state index < -0.39 is 0 Å². The van der Waals surface area contributed by atoms with Gasteiger partial charge in [0, 0.05) is 19.0 Å². The summed E-state index contributed by atoms with van der Waals surface area (Å²) in [5.74, 6) is 2.51. The molecule has 162 valence electrons. The Kier molecular flexibility index (Phi) is 5.40. The number of fused-ring (bicyclic) bond motifs is 1. The molecule has 1 saturated heterocycles. The first-order chi connectivity index (χ1) is 15.2. The Morgan fingerprint density at radius 2 is 1.97 bits per heavy atom. The zero-order chi connectivity index (χ0) is 21.2. The molecule has 7 nitrogen and oxygen atoms in total. The highest BCUT2D eigenvalue weighted by Gasteiger charge is 2.28. The largest absolute Gasteiger partial charge is 0.493 e. The van der Waals surface area contributed by atoms with E-state index in [2.05, 4.69) is 27.4 Å². The third-order valence-corrected chi connectivity index (χ3v) is 6.26. The molecule has 31 heavy (non-hydrogen) atoms. The summed E-state index contributed by atoms with van der Waals surface area (Å²) >= 11 is 0. The standard InChI is InChI=1S/C24H28N4O3/c1-30-21-11-10-16(12-22(21)31-18-6-2-3-7-18)17-13-25-24(29)28(14-17)15-23-26-19-8-4-5-9-20(19)27-23/h4-5,8-12,17-18H,2-3,6-7,13-15H2,1H3,(H,25,29)(H,26,27). The van der Waals surface area contributed by atoms with Crippen LogP contribution in [0.1, 0.15) is 43.0 Å². The Morgan fingerprint density at radius 1 is 1.13 bits per heavy atom. The van der Waals surface area contributed by atoms with Crippen molar-refractivity contribution in [3.05, 3.63) is 53.9 Å². The molecule has 2 aliphatic rings. The fourth-order valence-corrected chi connectivity index (χ4v) is 4.58. The minimum absolute atomic E-state index is 0.0624. The van der Waals surface area contributed by atoms with Crippen molar-refractivity contribution in [1.82, 2.24) is 20.2 Å². The zero-order valence-electron chi connectivity index (χ0n) is 17.8. The van der Waals surface area contributed by atoms with E-state index in [1.807, 2.05) is 35.2 Å². The van der Waals surface area contributed by atoms with E-state index in [0.717, 1.165) is 46.8 Å². The molecule has 1 aromatic heterocycles. The molecule has 3 aromatic rings. The van der Waals surface area contributed by atoms with E-state index in [0.29, 0.717) is 19.6 Å². The van der Waals surface area contributed by atoms with E-state index >= 15 is 0 Å². The Labute approximate surface area is 181 Å². The number of nitrogens with one attached hydrogen (secondary N) is 2. The van der Waals surface area contributed by atoms with Gasteiger partial charge in [-0.25, -0.2) is 9.78 Å². The molecule has 0 spiro atoms. The molecule has 2 fully saturated rings. The van der Waals surface area contributed by atoms with Crippen molar-refractivity contribution in [3.63, 3.8) is 0 Å². The molecule has 1 aliphatic carbocycles. The monoisotopic (exact) mass is 420 g/mol. The number of imidazole rings is 1. The predicted molar refractivity (Wildman–Crippen MR) is 119 cm³/mol. The summed E-state index contributed by atoms with van der Waals surface area (Å²) in [7, 11) is 1.67. The summed E-state index contributed by atoms with van der Waals surface area (Å²) in [6, 6.07) is 14.0. The Hall–Kier alpha value is -3.22. The van der Waals surface area contributed by atoms with Crippen LogP contribution in [-0.2, 0) is 6.54 Å². The molecule has 2 aromatic carbocycles. The Morgan fingerprint density at radius 3 is 2.77 bits per heavy atom. The number of methoxy groups -OCH3 is 1. The van der Waals surface area contributed by atoms with Crippen molar-refractivity contribution in [1.29, 1.82) is 0 Å². The van der Waals surface area contributed by atoms with Gasteiger partial charge < -0.3 is 24.7 Å². The first-order valence-electron chi connectivity index (χ1n) is 11.0. The van der Waals surface area contributed by atoms with Gasteiger partial charge in [0.2, 0.25) is 0 Å². The number of carbonyl (C=O) groups is 1. The van der Waals surface area contributed by atoms with Crippen molar-refractivity contribution in [3.8, 4) is 11.5 Å². The molecule has 2 heterocycles. The number of H-pyrrole nitrogens is 1. The summed E-state index contributed by atoms with van der Waals surface area (Å²) in [5.41, 5.74) is 3.04. The van der Waals surface area contributed by atoms with Crippen LogP contribution in [-0.4, -0.2) is 47.2 Å². The number of rotatable bonds is 6. The number of amides is 2. The summed E-state index contributed by atoms with van der Waals surface area (Å²) in [6.45, 7) is 1.67. The average Bonchev–Trinajstić information content (AvgIpc) is 3.44. The number of aromatic nitrogens is 2. The van der Waals surface area contributed by atoms with Gasteiger partial charge >= 0.3 is 6.03 Å². The van der Waals surface area contributed by atoms with Crippen LogP contribution in [0.25, 0.3) is 11.0 Å². The number of nitrogens with zero attached hydrogens (tertiary/aromatic N) is 2. The van der Waals surface area contributed by atoms with E-state index in [9.17, 15) is 4.79 Å². The highest BCUT2D eigenvalue weighted by Crippen LogP contribution is 2.35. The van der Waals surface area contributed by atoms with Gasteiger partial charge in [0.25, 0.3) is 0 Å². The predicted octanol–water partition coefficient (Wildman–Crippen LogP) is 4.20. The minimum Gasteiger partial charge on any atom is -0.493 e. The van der Waals surface area contributed by atoms with Crippen LogP contribution in [0, 0.1) is 0 Å². The second-order valence-electron chi connectivity index (χ2n) is 8.40. The maximum absolute atomic E-state index is 12.5. The molecule has 2 N–H and O–H groups in total. The second kappa shape index (κ2) is 8.49. The third-order valence-electron chi connectivity index (χ3n) is 6.26. The molecule has 2 amide bonds. The van der Waals surface area contributed by atoms with Crippen LogP contribution in [0.3, 0.4) is 0 Å². The van der Waals surface area contributed by atoms with Gasteiger partial charge in [0.15, 0.2) is 11.5 Å². The number of carbonyl (C=O) groups excluding carboxylic acids is 1. The average molecular weight is 421 g/mol. The van der Waals surface area contributed by atoms with E-state index in [-0.39, 0.29) is 18.1 Å². The Balaban J connectivity index is 1.33. The molecule has 0 bridgehead atoms. The fraction of sp³-hybridized carbons (Fsp3) is 0.417. The van der Waals surface area contributed by atoms with Crippen molar-refractivity contribution in [2.24, 2.45) is 0 Å². The van der Waals surface area contributed by atoms with Gasteiger partial charge in [-0.15, -0.1) is 0 Å². The topological polar surface area (TPSA) is 79.5 Å². The SMILES string of the molecule is COc1ccc(C2CNC(=O)N(Cc3nc4ccccc4[nH]3)C2)cc1OC1CCCC1. The number of urea groups is 1. The van der Waals surface area contributed by atoms with Gasteiger partial charge in [0.1, 0.15) is 5.82 Å². The second-order valence-corrected chi connectivity index (χ2v) is 8.40. The lowest BCUT2D eigenvalue weighted by molar-refractivity contribution is 0.175. The molecule has 5 rings (SSSR count). The molecular weight excluding hydrogens is 392 g/mol. The van der Waals surface area contributed by atoms with E-state index in [4.69, 9.17) is 9.47 Å². The molecule has 1 unspecified atom stereocenters. The van der Waals surface area contributed by atoms with Gasteiger partial charge in [0.05, 0.1) is 30.8 Å². The highest BCUT2D eigenvalue weighted by molar-refractivity contribution is 5.76. The molecule has 1 saturated carbocycles. The van der Waals surface area contributed by atoms with E-state index in [1.165, 1.54) is 12.8 Å². The summed E-state index contributed by atoms with van der Waals surface area (Å²) < 4.78 is 11.8. The zero-order valence-corrected chi connectivity index (χ0v) is 17.8. The molecule has 7 heteroatoms. The van der Waals surface area contributed by atoms with Crippen molar-refractivity contribution < 1.29 is 14.3 Å².